The molecule has 0 atom stereocenters. The Hall–Kier alpha value is -6.26. The van der Waals surface area contributed by atoms with Crippen LogP contribution in [-0.2, 0) is 15.0 Å². The third-order valence-electron chi connectivity index (χ3n) is 9.13. The van der Waals surface area contributed by atoms with Crippen LogP contribution in [0.2, 0.25) is 0 Å². The first-order valence-electron chi connectivity index (χ1n) is 16.4. The van der Waals surface area contributed by atoms with Crippen molar-refractivity contribution in [1.29, 1.82) is 0 Å². The van der Waals surface area contributed by atoms with Crippen molar-refractivity contribution in [2.75, 3.05) is 10.6 Å². The molecule has 1 aliphatic rings. The average Bonchev–Trinajstić information content (AvgIpc) is 3.43. The van der Waals surface area contributed by atoms with E-state index in [4.69, 9.17) is 0 Å². The molecule has 0 saturated carbocycles. The van der Waals surface area contributed by atoms with Crippen LogP contribution in [0.15, 0.2) is 158 Å². The molecule has 0 saturated heterocycles. The molecule has 6 aromatic rings. The molecule has 0 aliphatic heterocycles. The number of hydrogen-bond donors (Lipinski definition) is 2. The van der Waals surface area contributed by atoms with E-state index in [0.29, 0.717) is 11.4 Å². The van der Waals surface area contributed by atoms with Gasteiger partial charge < -0.3 is 10.6 Å². The van der Waals surface area contributed by atoms with Crippen LogP contribution < -0.4 is 10.6 Å². The number of amides is 2. The summed E-state index contributed by atoms with van der Waals surface area (Å²) in [6.45, 7) is 4.08. The molecule has 4 heteroatoms. The maximum absolute atomic E-state index is 12.8. The maximum Gasteiger partial charge on any atom is 0.248 e. The van der Waals surface area contributed by atoms with E-state index in [1.807, 2.05) is 98.8 Å². The van der Waals surface area contributed by atoms with Crippen molar-refractivity contribution in [1.82, 2.24) is 0 Å². The second-order valence-corrected chi connectivity index (χ2v) is 12.5. The van der Waals surface area contributed by atoms with Gasteiger partial charge in [-0.3, -0.25) is 9.59 Å². The van der Waals surface area contributed by atoms with Crippen molar-refractivity contribution in [3.05, 3.63) is 202 Å². The summed E-state index contributed by atoms with van der Waals surface area (Å²) in [7, 11) is 0. The predicted octanol–water partition coefficient (Wildman–Crippen LogP) is 9.97. The number of rotatable bonds is 8. The summed E-state index contributed by atoms with van der Waals surface area (Å²) in [6.07, 6.45) is 6.75. The largest absolute Gasteiger partial charge is 0.323 e. The minimum absolute atomic E-state index is 0.189. The summed E-state index contributed by atoms with van der Waals surface area (Å²) >= 11 is 0. The van der Waals surface area contributed by atoms with Gasteiger partial charge in [-0.1, -0.05) is 132 Å². The molecule has 0 heterocycles. The Morgan fingerprint density at radius 3 is 1.22 bits per heavy atom. The van der Waals surface area contributed by atoms with E-state index in [1.165, 1.54) is 33.4 Å². The summed E-state index contributed by atoms with van der Waals surface area (Å²) in [5.74, 6) is -0.378. The van der Waals surface area contributed by atoms with Gasteiger partial charge >= 0.3 is 0 Å². The van der Waals surface area contributed by atoms with Gasteiger partial charge in [0.1, 0.15) is 0 Å². The zero-order chi connectivity index (χ0) is 33.8. The Kier molecular flexibility index (Phi) is 8.61. The Bertz CT molecular complexity index is 2030. The Morgan fingerprint density at radius 2 is 0.837 bits per heavy atom. The second-order valence-electron chi connectivity index (χ2n) is 12.5. The van der Waals surface area contributed by atoms with Crippen molar-refractivity contribution in [3.8, 4) is 11.1 Å². The normalized spacial score (nSPS) is 12.9. The molecule has 238 valence electrons. The lowest BCUT2D eigenvalue weighted by Crippen LogP contribution is -2.28. The molecule has 0 aromatic heterocycles. The second kappa shape index (κ2) is 13.5. The third kappa shape index (κ3) is 6.37. The van der Waals surface area contributed by atoms with E-state index >= 15 is 0 Å². The molecule has 0 bridgehead atoms. The number of aryl methyl sites for hydroxylation is 2. The van der Waals surface area contributed by atoms with Crippen LogP contribution in [0.1, 0.15) is 44.5 Å². The zero-order valence-corrected chi connectivity index (χ0v) is 27.5. The van der Waals surface area contributed by atoms with E-state index in [0.717, 1.165) is 22.3 Å². The van der Waals surface area contributed by atoms with Gasteiger partial charge in [0.05, 0.1) is 5.41 Å². The number of anilines is 2. The summed E-state index contributed by atoms with van der Waals surface area (Å²) in [5.41, 5.74) is 12.0. The number of carbonyl (C=O) groups excluding carboxylic acids is 2. The lowest BCUT2D eigenvalue weighted by molar-refractivity contribution is -0.112. The number of benzene rings is 6. The Balaban J connectivity index is 1.20. The molecule has 1 aliphatic carbocycles. The van der Waals surface area contributed by atoms with Crippen molar-refractivity contribution in [3.63, 3.8) is 0 Å². The van der Waals surface area contributed by atoms with Crippen LogP contribution in [-0.4, -0.2) is 11.8 Å². The van der Waals surface area contributed by atoms with Gasteiger partial charge in [-0.25, -0.2) is 0 Å². The molecule has 0 fully saturated rings. The van der Waals surface area contributed by atoms with E-state index < -0.39 is 5.41 Å². The van der Waals surface area contributed by atoms with Crippen LogP contribution in [0.3, 0.4) is 0 Å². The van der Waals surface area contributed by atoms with E-state index in [9.17, 15) is 9.59 Å². The SMILES string of the molecule is Cc1ccc(/C=C/C(=O)Nc2ccc(C3(c4ccc(NC(=O)/C=C/c5ccc(C)cc5)cc4)c4ccccc4-c4ccccc43)cc2)cc1. The van der Waals surface area contributed by atoms with Crippen molar-refractivity contribution in [2.24, 2.45) is 0 Å². The first-order valence-corrected chi connectivity index (χ1v) is 16.4. The lowest BCUT2D eigenvalue weighted by Gasteiger charge is -2.34. The molecule has 49 heavy (non-hydrogen) atoms. The molecule has 2 amide bonds. The van der Waals surface area contributed by atoms with Gasteiger partial charge in [-0.05, 0) is 94.8 Å². The number of hydrogen-bond acceptors (Lipinski definition) is 2. The van der Waals surface area contributed by atoms with Gasteiger partial charge in [-0.15, -0.1) is 0 Å². The first kappa shape index (κ1) is 31.3. The quantitative estimate of drug-likeness (QED) is 0.163. The minimum atomic E-state index is -0.602. The predicted molar refractivity (Wildman–Crippen MR) is 201 cm³/mol. The Labute approximate surface area is 287 Å². The van der Waals surface area contributed by atoms with Crippen LogP contribution in [0.4, 0.5) is 11.4 Å². The standard InChI is InChI=1S/C45H36N2O2/c1-31-11-15-33(16-12-31)19-29-43(48)46-37-25-21-35(22-26-37)45(41-9-5-3-7-39(41)40-8-4-6-10-42(40)45)36-23-27-38(28-24-36)47-44(49)30-20-34-17-13-32(2)14-18-34/h3-30H,1-2H3,(H,46,48)(H,47,49)/b29-19+,30-20+. The fourth-order valence-electron chi connectivity index (χ4n) is 6.70. The van der Waals surface area contributed by atoms with Crippen molar-refractivity contribution < 1.29 is 9.59 Å². The maximum atomic E-state index is 12.8. The fraction of sp³-hybridized carbons (Fsp3) is 0.0667. The van der Waals surface area contributed by atoms with Gasteiger partial charge in [-0.2, -0.15) is 0 Å². The highest BCUT2D eigenvalue weighted by molar-refractivity contribution is 6.02. The fourth-order valence-corrected chi connectivity index (χ4v) is 6.70. The van der Waals surface area contributed by atoms with Gasteiger partial charge in [0, 0.05) is 23.5 Å². The number of nitrogens with one attached hydrogen (secondary N) is 2. The molecule has 2 N–H and O–H groups in total. The molecule has 0 unspecified atom stereocenters. The summed E-state index contributed by atoms with van der Waals surface area (Å²) in [6, 6.07) is 49.5. The topological polar surface area (TPSA) is 58.2 Å². The van der Waals surface area contributed by atoms with Gasteiger partial charge in [0.25, 0.3) is 0 Å². The zero-order valence-electron chi connectivity index (χ0n) is 27.5. The molecule has 0 spiro atoms. The van der Waals surface area contributed by atoms with Crippen LogP contribution in [0, 0.1) is 13.8 Å². The van der Waals surface area contributed by atoms with E-state index in [-0.39, 0.29) is 11.8 Å². The van der Waals surface area contributed by atoms with Crippen LogP contribution >= 0.6 is 0 Å². The lowest BCUT2D eigenvalue weighted by atomic mass is 9.67. The molecule has 6 aromatic carbocycles. The van der Waals surface area contributed by atoms with E-state index in [1.54, 1.807) is 12.2 Å². The monoisotopic (exact) mass is 636 g/mol. The molecule has 0 radical (unpaired) electrons. The van der Waals surface area contributed by atoms with Crippen LogP contribution in [0.5, 0.6) is 0 Å². The highest BCUT2D eigenvalue weighted by atomic mass is 16.2. The minimum Gasteiger partial charge on any atom is -0.323 e. The summed E-state index contributed by atoms with van der Waals surface area (Å²) < 4.78 is 0. The van der Waals surface area contributed by atoms with E-state index in [2.05, 4.69) is 83.4 Å². The van der Waals surface area contributed by atoms with Crippen molar-refractivity contribution >= 4 is 35.3 Å². The Morgan fingerprint density at radius 1 is 0.469 bits per heavy atom. The number of fused-ring (bicyclic) bond motifs is 3. The third-order valence-corrected chi connectivity index (χ3v) is 9.13. The first-order chi connectivity index (χ1) is 23.9. The molecular weight excluding hydrogens is 601 g/mol. The highest BCUT2D eigenvalue weighted by Gasteiger charge is 2.45. The molecular formula is C45H36N2O2. The summed E-state index contributed by atoms with van der Waals surface area (Å²) in [5, 5.41) is 6.02. The van der Waals surface area contributed by atoms with Gasteiger partial charge in [0.15, 0.2) is 0 Å². The molecule has 4 nitrogen and oxygen atoms in total. The number of carbonyl (C=O) groups is 2. The van der Waals surface area contributed by atoms with Gasteiger partial charge in [0.2, 0.25) is 11.8 Å². The smallest absolute Gasteiger partial charge is 0.248 e. The van der Waals surface area contributed by atoms with Crippen molar-refractivity contribution in [2.45, 2.75) is 19.3 Å². The average molecular weight is 637 g/mol. The summed E-state index contributed by atoms with van der Waals surface area (Å²) in [4.78, 5) is 25.6. The van der Waals surface area contributed by atoms with Crippen LogP contribution in [0.25, 0.3) is 23.3 Å². The molecule has 7 rings (SSSR count). The highest BCUT2D eigenvalue weighted by Crippen LogP contribution is 2.56.